The summed E-state index contributed by atoms with van der Waals surface area (Å²) < 4.78 is 5.87. The van der Waals surface area contributed by atoms with Crippen LogP contribution in [0.2, 0.25) is 0 Å². The van der Waals surface area contributed by atoms with E-state index in [1.54, 1.807) is 31.2 Å². The minimum Gasteiger partial charge on any atom is -0.456 e. The molecule has 0 atom stereocenters. The molecule has 0 radical (unpaired) electrons. The number of para-hydroxylation sites is 1. The molecule has 3 aromatic rings. The third-order valence-corrected chi connectivity index (χ3v) is 5.20. The predicted molar refractivity (Wildman–Crippen MR) is 106 cm³/mol. The van der Waals surface area contributed by atoms with Gasteiger partial charge in [-0.25, -0.2) is 0 Å². The molecule has 2 amide bonds. The lowest BCUT2D eigenvalue weighted by Crippen LogP contribution is -2.27. The molecule has 5 nitrogen and oxygen atoms in total. The van der Waals surface area contributed by atoms with Crippen molar-refractivity contribution in [2.75, 3.05) is 6.54 Å². The van der Waals surface area contributed by atoms with Crippen LogP contribution in [-0.4, -0.2) is 22.6 Å². The van der Waals surface area contributed by atoms with Crippen molar-refractivity contribution in [1.82, 2.24) is 4.90 Å². The van der Waals surface area contributed by atoms with Crippen LogP contribution in [0.25, 0.3) is 28.4 Å². The summed E-state index contributed by atoms with van der Waals surface area (Å²) in [4.78, 5) is 38.0. The lowest BCUT2D eigenvalue weighted by Gasteiger charge is -2.07. The molecule has 134 valence electrons. The summed E-state index contributed by atoms with van der Waals surface area (Å²) >= 11 is 0.932. The van der Waals surface area contributed by atoms with Gasteiger partial charge in [-0.05, 0) is 48.5 Å². The van der Waals surface area contributed by atoms with E-state index in [1.807, 2.05) is 30.3 Å². The van der Waals surface area contributed by atoms with Crippen molar-refractivity contribution in [3.63, 3.8) is 0 Å². The van der Waals surface area contributed by atoms with Gasteiger partial charge in [0.1, 0.15) is 11.3 Å². The van der Waals surface area contributed by atoms with Gasteiger partial charge in [0, 0.05) is 18.2 Å². The van der Waals surface area contributed by atoms with Crippen molar-refractivity contribution >= 4 is 40.0 Å². The molecule has 27 heavy (non-hydrogen) atoms. The maximum absolute atomic E-state index is 12.3. The molecule has 0 N–H and O–H groups in total. The summed E-state index contributed by atoms with van der Waals surface area (Å²) in [7, 11) is 0. The van der Waals surface area contributed by atoms with Crippen LogP contribution in [-0.2, 0) is 4.79 Å². The predicted octanol–water partition coefficient (Wildman–Crippen LogP) is 4.52. The Morgan fingerprint density at radius 3 is 2.63 bits per heavy atom. The highest BCUT2D eigenvalue weighted by Gasteiger charge is 2.33. The van der Waals surface area contributed by atoms with E-state index in [-0.39, 0.29) is 16.6 Å². The number of hydrogen-bond donors (Lipinski definition) is 0. The topological polar surface area (TPSA) is 67.6 Å². The molecule has 1 aromatic heterocycles. The average molecular weight is 377 g/mol. The molecule has 6 heteroatoms. The van der Waals surface area contributed by atoms with Crippen LogP contribution in [0.1, 0.15) is 12.5 Å². The largest absolute Gasteiger partial charge is 0.456 e. The molecule has 0 saturated carbocycles. The third kappa shape index (κ3) is 3.19. The number of hydrogen-bond acceptors (Lipinski definition) is 5. The van der Waals surface area contributed by atoms with E-state index in [9.17, 15) is 14.4 Å². The highest BCUT2D eigenvalue weighted by molar-refractivity contribution is 8.18. The van der Waals surface area contributed by atoms with Gasteiger partial charge in [0.05, 0.1) is 10.3 Å². The monoisotopic (exact) mass is 377 g/mol. The summed E-state index contributed by atoms with van der Waals surface area (Å²) in [5.41, 5.74) is 1.89. The second kappa shape index (κ2) is 6.89. The highest BCUT2D eigenvalue weighted by Crippen LogP contribution is 2.32. The summed E-state index contributed by atoms with van der Waals surface area (Å²) in [6, 6.07) is 15.9. The van der Waals surface area contributed by atoms with Gasteiger partial charge in [-0.15, -0.1) is 0 Å². The first-order valence-electron chi connectivity index (χ1n) is 8.45. The Kier molecular flexibility index (Phi) is 4.41. The fourth-order valence-corrected chi connectivity index (χ4v) is 3.85. The van der Waals surface area contributed by atoms with Crippen LogP contribution in [0.4, 0.5) is 4.79 Å². The lowest BCUT2D eigenvalue weighted by molar-refractivity contribution is -0.122. The quantitative estimate of drug-likeness (QED) is 0.628. The molecular formula is C21H15NO4S. The van der Waals surface area contributed by atoms with E-state index in [0.717, 1.165) is 22.9 Å². The standard InChI is InChI=1S/C21H15NO4S/c1-2-22-20(24)19(27-21(22)25)11-13-6-5-7-14(10-13)18-12-16(23)15-8-3-4-9-17(15)26-18/h3-12H,2H2,1H3/b19-11-. The minimum absolute atomic E-state index is 0.110. The maximum Gasteiger partial charge on any atom is 0.293 e. The number of fused-ring (bicyclic) bond motifs is 1. The molecule has 4 rings (SSSR count). The fraction of sp³-hybridized carbons (Fsp3) is 0.0952. The second-order valence-electron chi connectivity index (χ2n) is 6.02. The number of carbonyl (C=O) groups is 2. The molecule has 1 saturated heterocycles. The molecular weight excluding hydrogens is 362 g/mol. The molecule has 1 fully saturated rings. The van der Waals surface area contributed by atoms with Crippen LogP contribution in [0, 0.1) is 0 Å². The number of likely N-dealkylation sites (N-methyl/N-ethyl adjacent to an activating group) is 1. The Morgan fingerprint density at radius 2 is 1.85 bits per heavy atom. The minimum atomic E-state index is -0.282. The number of nitrogens with zero attached hydrogens (tertiary/aromatic N) is 1. The summed E-state index contributed by atoms with van der Waals surface area (Å²) in [6.07, 6.45) is 1.68. The number of benzene rings is 2. The first-order valence-corrected chi connectivity index (χ1v) is 9.27. The van der Waals surface area contributed by atoms with E-state index in [2.05, 4.69) is 0 Å². The Labute approximate surface area is 159 Å². The Hall–Kier alpha value is -3.12. The molecule has 0 bridgehead atoms. The summed E-state index contributed by atoms with van der Waals surface area (Å²) in [5, 5.41) is 0.274. The van der Waals surface area contributed by atoms with Crippen molar-refractivity contribution in [2.45, 2.75) is 6.92 Å². The highest BCUT2D eigenvalue weighted by atomic mass is 32.2. The smallest absolute Gasteiger partial charge is 0.293 e. The molecule has 0 aliphatic carbocycles. The molecule has 0 unspecified atom stereocenters. The van der Waals surface area contributed by atoms with Crippen molar-refractivity contribution in [2.24, 2.45) is 0 Å². The van der Waals surface area contributed by atoms with Gasteiger partial charge in [-0.2, -0.15) is 0 Å². The van der Waals surface area contributed by atoms with Gasteiger partial charge in [-0.1, -0.05) is 30.3 Å². The number of imide groups is 1. The normalized spacial score (nSPS) is 15.9. The Morgan fingerprint density at radius 1 is 1.04 bits per heavy atom. The number of rotatable bonds is 3. The van der Waals surface area contributed by atoms with Crippen molar-refractivity contribution in [3.05, 3.63) is 75.3 Å². The Balaban J connectivity index is 1.74. The zero-order chi connectivity index (χ0) is 19.0. The van der Waals surface area contributed by atoms with Crippen LogP contribution in [0.3, 0.4) is 0 Å². The first kappa shape index (κ1) is 17.3. The summed E-state index contributed by atoms with van der Waals surface area (Å²) in [5.74, 6) is 0.172. The fourth-order valence-electron chi connectivity index (χ4n) is 2.95. The zero-order valence-electron chi connectivity index (χ0n) is 14.5. The van der Waals surface area contributed by atoms with Crippen LogP contribution in [0.15, 0.2) is 68.7 Å². The van der Waals surface area contributed by atoms with E-state index in [4.69, 9.17) is 4.42 Å². The first-order chi connectivity index (χ1) is 13.1. The number of amides is 2. The van der Waals surface area contributed by atoms with Gasteiger partial charge in [0.15, 0.2) is 5.43 Å². The van der Waals surface area contributed by atoms with Crippen molar-refractivity contribution in [3.8, 4) is 11.3 Å². The van der Waals surface area contributed by atoms with Crippen molar-refractivity contribution < 1.29 is 14.0 Å². The second-order valence-corrected chi connectivity index (χ2v) is 7.02. The van der Waals surface area contributed by atoms with Crippen LogP contribution < -0.4 is 5.43 Å². The SMILES string of the molecule is CCN1C(=O)S/C(=C\c2cccc(-c3cc(=O)c4ccccc4o3)c2)C1=O. The van der Waals surface area contributed by atoms with Gasteiger partial charge >= 0.3 is 0 Å². The number of thioether (sulfide) groups is 1. The average Bonchev–Trinajstić information content (AvgIpc) is 2.94. The molecule has 2 heterocycles. The van der Waals surface area contributed by atoms with E-state index < -0.39 is 0 Å². The van der Waals surface area contributed by atoms with E-state index in [1.165, 1.54) is 11.0 Å². The lowest BCUT2D eigenvalue weighted by atomic mass is 10.1. The number of carbonyl (C=O) groups excluding carboxylic acids is 2. The van der Waals surface area contributed by atoms with Crippen molar-refractivity contribution in [1.29, 1.82) is 0 Å². The Bertz CT molecular complexity index is 1160. The maximum atomic E-state index is 12.3. The van der Waals surface area contributed by atoms with Crippen LogP contribution >= 0.6 is 11.8 Å². The third-order valence-electron chi connectivity index (χ3n) is 4.29. The molecule has 1 aliphatic rings. The van der Waals surface area contributed by atoms with Gasteiger partial charge in [-0.3, -0.25) is 19.3 Å². The van der Waals surface area contributed by atoms with Gasteiger partial charge < -0.3 is 4.42 Å². The van der Waals surface area contributed by atoms with E-state index >= 15 is 0 Å². The molecule has 0 spiro atoms. The molecule has 2 aromatic carbocycles. The van der Waals surface area contributed by atoms with Gasteiger partial charge in [0.2, 0.25) is 0 Å². The van der Waals surface area contributed by atoms with E-state index in [0.29, 0.717) is 28.2 Å². The van der Waals surface area contributed by atoms with Gasteiger partial charge in [0.25, 0.3) is 11.1 Å². The molecule has 1 aliphatic heterocycles. The zero-order valence-corrected chi connectivity index (χ0v) is 15.3. The van der Waals surface area contributed by atoms with Crippen LogP contribution in [0.5, 0.6) is 0 Å². The summed E-state index contributed by atoms with van der Waals surface area (Å²) in [6.45, 7) is 2.12.